The van der Waals surface area contributed by atoms with Gasteiger partial charge in [-0.25, -0.2) is 4.79 Å². The van der Waals surface area contributed by atoms with Gasteiger partial charge in [-0.1, -0.05) is 6.07 Å². The van der Waals surface area contributed by atoms with E-state index in [2.05, 4.69) is 4.74 Å². The molecule has 0 radical (unpaired) electrons. The van der Waals surface area contributed by atoms with Crippen LogP contribution in [-0.2, 0) is 4.74 Å². The molecule has 1 aliphatic rings. The van der Waals surface area contributed by atoms with E-state index in [-0.39, 0.29) is 11.3 Å². The molecule has 1 heterocycles. The SMILES string of the molecule is COC(=O)c1c(N2CCCC2)cccc1[N+](=O)[O-]. The fraction of sp³-hybridized carbons (Fsp3) is 0.417. The summed E-state index contributed by atoms with van der Waals surface area (Å²) < 4.78 is 4.66. The Labute approximate surface area is 104 Å². The number of nitro groups is 1. The molecule has 0 N–H and O–H groups in total. The highest BCUT2D eigenvalue weighted by atomic mass is 16.6. The number of nitro benzene ring substituents is 1. The smallest absolute Gasteiger partial charge is 0.347 e. The van der Waals surface area contributed by atoms with E-state index in [9.17, 15) is 14.9 Å². The van der Waals surface area contributed by atoms with Crippen molar-refractivity contribution in [1.82, 2.24) is 0 Å². The largest absolute Gasteiger partial charge is 0.465 e. The predicted octanol–water partition coefficient (Wildman–Crippen LogP) is 1.98. The van der Waals surface area contributed by atoms with Crippen molar-refractivity contribution in [3.8, 4) is 0 Å². The fourth-order valence-corrected chi connectivity index (χ4v) is 2.21. The Morgan fingerprint density at radius 1 is 1.39 bits per heavy atom. The number of anilines is 1. The van der Waals surface area contributed by atoms with Gasteiger partial charge in [0.15, 0.2) is 5.56 Å². The lowest BCUT2D eigenvalue weighted by atomic mass is 10.1. The minimum absolute atomic E-state index is 0.0481. The summed E-state index contributed by atoms with van der Waals surface area (Å²) in [6.45, 7) is 1.62. The summed E-state index contributed by atoms with van der Waals surface area (Å²) in [5, 5.41) is 11.0. The van der Waals surface area contributed by atoms with E-state index < -0.39 is 10.9 Å². The summed E-state index contributed by atoms with van der Waals surface area (Å²) >= 11 is 0. The van der Waals surface area contributed by atoms with Crippen molar-refractivity contribution in [1.29, 1.82) is 0 Å². The van der Waals surface area contributed by atoms with E-state index in [1.54, 1.807) is 12.1 Å². The number of carbonyl (C=O) groups is 1. The molecule has 96 valence electrons. The zero-order valence-corrected chi connectivity index (χ0v) is 10.1. The maximum Gasteiger partial charge on any atom is 0.347 e. The molecule has 0 saturated carbocycles. The number of methoxy groups -OCH3 is 1. The normalized spacial score (nSPS) is 14.6. The Balaban J connectivity index is 2.53. The average Bonchev–Trinajstić information content (AvgIpc) is 2.90. The van der Waals surface area contributed by atoms with Crippen LogP contribution in [-0.4, -0.2) is 31.1 Å². The minimum Gasteiger partial charge on any atom is -0.465 e. The van der Waals surface area contributed by atoms with E-state index in [1.807, 2.05) is 4.90 Å². The Morgan fingerprint density at radius 2 is 2.06 bits per heavy atom. The molecule has 6 heteroatoms. The molecule has 0 amide bonds. The van der Waals surface area contributed by atoms with Crippen LogP contribution in [0.4, 0.5) is 11.4 Å². The Bertz CT molecular complexity index is 481. The van der Waals surface area contributed by atoms with Crippen LogP contribution in [0.25, 0.3) is 0 Å². The predicted molar refractivity (Wildman–Crippen MR) is 65.9 cm³/mol. The zero-order chi connectivity index (χ0) is 13.1. The molecule has 2 rings (SSSR count). The maximum atomic E-state index is 11.8. The minimum atomic E-state index is -0.663. The van der Waals surface area contributed by atoms with Gasteiger partial charge in [0, 0.05) is 19.2 Å². The van der Waals surface area contributed by atoms with Gasteiger partial charge in [0.1, 0.15) is 0 Å². The summed E-state index contributed by atoms with van der Waals surface area (Å²) in [7, 11) is 1.23. The Kier molecular flexibility index (Phi) is 3.45. The number of ether oxygens (including phenoxy) is 1. The van der Waals surface area contributed by atoms with E-state index in [0.717, 1.165) is 25.9 Å². The van der Waals surface area contributed by atoms with Crippen molar-refractivity contribution in [2.24, 2.45) is 0 Å². The van der Waals surface area contributed by atoms with Crippen molar-refractivity contribution in [3.63, 3.8) is 0 Å². The van der Waals surface area contributed by atoms with Crippen LogP contribution in [0.2, 0.25) is 0 Å². The van der Waals surface area contributed by atoms with Crippen molar-refractivity contribution >= 4 is 17.3 Å². The van der Waals surface area contributed by atoms with Gasteiger partial charge in [-0.3, -0.25) is 10.1 Å². The second-order valence-electron chi connectivity index (χ2n) is 4.11. The molecule has 1 aromatic rings. The lowest BCUT2D eigenvalue weighted by molar-refractivity contribution is -0.385. The highest BCUT2D eigenvalue weighted by Crippen LogP contribution is 2.31. The number of esters is 1. The molecule has 0 aromatic heterocycles. The van der Waals surface area contributed by atoms with Gasteiger partial charge < -0.3 is 9.64 Å². The molecular weight excluding hydrogens is 236 g/mol. The van der Waals surface area contributed by atoms with E-state index in [1.165, 1.54) is 13.2 Å². The third-order valence-electron chi connectivity index (χ3n) is 3.05. The van der Waals surface area contributed by atoms with E-state index >= 15 is 0 Å². The molecule has 1 aromatic carbocycles. The van der Waals surface area contributed by atoms with Crippen LogP contribution in [0.15, 0.2) is 18.2 Å². The molecule has 0 aliphatic carbocycles. The van der Waals surface area contributed by atoms with Gasteiger partial charge in [0.25, 0.3) is 5.69 Å². The topological polar surface area (TPSA) is 72.7 Å². The molecular formula is C12H14N2O4. The first-order valence-electron chi connectivity index (χ1n) is 5.76. The monoisotopic (exact) mass is 250 g/mol. The fourth-order valence-electron chi connectivity index (χ4n) is 2.21. The second kappa shape index (κ2) is 5.03. The summed E-state index contributed by atoms with van der Waals surface area (Å²) in [6, 6.07) is 4.65. The van der Waals surface area contributed by atoms with Gasteiger partial charge in [-0.05, 0) is 18.9 Å². The number of carbonyl (C=O) groups excluding carboxylic acids is 1. The summed E-state index contributed by atoms with van der Waals surface area (Å²) in [5.41, 5.74) is 0.437. The summed E-state index contributed by atoms with van der Waals surface area (Å²) in [6.07, 6.45) is 2.06. The van der Waals surface area contributed by atoms with E-state index in [4.69, 9.17) is 0 Å². The number of nitrogens with zero attached hydrogens (tertiary/aromatic N) is 2. The Morgan fingerprint density at radius 3 is 2.61 bits per heavy atom. The van der Waals surface area contributed by atoms with Crippen molar-refractivity contribution in [2.45, 2.75) is 12.8 Å². The molecule has 1 aliphatic heterocycles. The third kappa shape index (κ3) is 2.13. The first-order valence-corrected chi connectivity index (χ1v) is 5.76. The molecule has 0 atom stereocenters. The van der Waals surface area contributed by atoms with Crippen LogP contribution >= 0.6 is 0 Å². The molecule has 0 unspecified atom stereocenters. The quantitative estimate of drug-likeness (QED) is 0.466. The molecule has 0 bridgehead atoms. The molecule has 0 spiro atoms. The maximum absolute atomic E-state index is 11.8. The Hall–Kier alpha value is -2.11. The zero-order valence-electron chi connectivity index (χ0n) is 10.1. The first kappa shape index (κ1) is 12.3. The third-order valence-corrected chi connectivity index (χ3v) is 3.05. The number of hydrogen-bond donors (Lipinski definition) is 0. The van der Waals surface area contributed by atoms with Gasteiger partial charge >= 0.3 is 5.97 Å². The van der Waals surface area contributed by atoms with Crippen molar-refractivity contribution in [2.75, 3.05) is 25.1 Å². The molecule has 1 fully saturated rings. The average molecular weight is 250 g/mol. The summed E-state index contributed by atoms with van der Waals surface area (Å²) in [5.74, 6) is -0.663. The number of hydrogen-bond acceptors (Lipinski definition) is 5. The van der Waals surface area contributed by atoms with E-state index in [0.29, 0.717) is 5.69 Å². The van der Waals surface area contributed by atoms with Gasteiger partial charge in [0.05, 0.1) is 17.7 Å². The first-order chi connectivity index (χ1) is 8.65. The second-order valence-corrected chi connectivity index (χ2v) is 4.11. The number of rotatable bonds is 3. The van der Waals surface area contributed by atoms with Crippen LogP contribution in [0.3, 0.4) is 0 Å². The van der Waals surface area contributed by atoms with Crippen LogP contribution in [0, 0.1) is 10.1 Å². The van der Waals surface area contributed by atoms with Gasteiger partial charge in [-0.2, -0.15) is 0 Å². The van der Waals surface area contributed by atoms with Crippen LogP contribution in [0.5, 0.6) is 0 Å². The molecule has 6 nitrogen and oxygen atoms in total. The highest BCUT2D eigenvalue weighted by molar-refractivity contribution is 6.00. The van der Waals surface area contributed by atoms with Crippen LogP contribution in [0.1, 0.15) is 23.2 Å². The van der Waals surface area contributed by atoms with Crippen molar-refractivity contribution in [3.05, 3.63) is 33.9 Å². The number of benzene rings is 1. The van der Waals surface area contributed by atoms with Gasteiger partial charge in [-0.15, -0.1) is 0 Å². The van der Waals surface area contributed by atoms with Crippen LogP contribution < -0.4 is 4.90 Å². The van der Waals surface area contributed by atoms with Gasteiger partial charge in [0.2, 0.25) is 0 Å². The molecule has 1 saturated heterocycles. The van der Waals surface area contributed by atoms with Crippen molar-refractivity contribution < 1.29 is 14.5 Å². The summed E-state index contributed by atoms with van der Waals surface area (Å²) in [4.78, 5) is 24.2. The standard InChI is InChI=1S/C12H14N2O4/c1-18-12(15)11-9(13-7-2-3-8-13)5-4-6-10(11)14(16)17/h4-6H,2-3,7-8H2,1H3. The molecule has 18 heavy (non-hydrogen) atoms. The lowest BCUT2D eigenvalue weighted by Crippen LogP contribution is -2.21. The lowest BCUT2D eigenvalue weighted by Gasteiger charge is -2.20. The highest BCUT2D eigenvalue weighted by Gasteiger charge is 2.28.